The minimum atomic E-state index is -0.00370. The molecule has 0 spiro atoms. The van der Waals surface area contributed by atoms with Crippen molar-refractivity contribution in [3.05, 3.63) is 40.7 Å². The number of benzene rings is 1. The number of nitrogens with zero attached hydrogens (tertiary/aromatic N) is 1. The third kappa shape index (κ3) is 1.88. The lowest BCUT2D eigenvalue weighted by atomic mass is 10.2. The molecule has 2 N–H and O–H groups in total. The molecule has 4 nitrogen and oxygen atoms in total. The molecule has 1 unspecified atom stereocenters. The van der Waals surface area contributed by atoms with Gasteiger partial charge in [0.1, 0.15) is 5.82 Å². The second-order valence-corrected chi connectivity index (χ2v) is 4.79. The van der Waals surface area contributed by atoms with E-state index >= 15 is 0 Å². The van der Waals surface area contributed by atoms with E-state index in [0.717, 1.165) is 36.1 Å². The van der Waals surface area contributed by atoms with E-state index in [1.807, 2.05) is 31.3 Å². The fraction of sp³-hybridized carbons (Fsp3) is 0.357. The Morgan fingerprint density at radius 2 is 2.22 bits per heavy atom. The van der Waals surface area contributed by atoms with Crippen LogP contribution in [0.5, 0.6) is 0 Å². The van der Waals surface area contributed by atoms with Gasteiger partial charge in [0.05, 0.1) is 0 Å². The van der Waals surface area contributed by atoms with Crippen molar-refractivity contribution in [1.29, 1.82) is 0 Å². The maximum absolute atomic E-state index is 12.0. The molecular formula is C14H17N3O. The second kappa shape index (κ2) is 4.46. The first-order chi connectivity index (χ1) is 8.78. The summed E-state index contributed by atoms with van der Waals surface area (Å²) in [5, 5.41) is 5.04. The molecular weight excluding hydrogens is 226 g/mol. The number of fused-ring (bicyclic) bond motifs is 1. The molecule has 94 valence electrons. The molecule has 0 bridgehead atoms. The monoisotopic (exact) mass is 243 g/mol. The zero-order valence-electron chi connectivity index (χ0n) is 10.4. The first-order valence-corrected chi connectivity index (χ1v) is 6.32. The summed E-state index contributed by atoms with van der Waals surface area (Å²) in [7, 11) is 1.98. The largest absolute Gasteiger partial charge is 0.356 e. The molecule has 0 amide bonds. The predicted molar refractivity (Wildman–Crippen MR) is 74.2 cm³/mol. The van der Waals surface area contributed by atoms with E-state index < -0.39 is 0 Å². The van der Waals surface area contributed by atoms with Gasteiger partial charge < -0.3 is 15.2 Å². The van der Waals surface area contributed by atoms with Crippen molar-refractivity contribution in [1.82, 2.24) is 10.3 Å². The number of H-pyrrole nitrogens is 1. The van der Waals surface area contributed by atoms with Gasteiger partial charge in [-0.15, -0.1) is 0 Å². The van der Waals surface area contributed by atoms with E-state index in [-0.39, 0.29) is 5.56 Å². The maximum Gasteiger partial charge on any atom is 0.257 e. The molecule has 2 aromatic rings. The van der Waals surface area contributed by atoms with Crippen molar-refractivity contribution in [2.45, 2.75) is 12.5 Å². The van der Waals surface area contributed by atoms with E-state index in [1.54, 1.807) is 0 Å². The van der Waals surface area contributed by atoms with Gasteiger partial charge in [0, 0.05) is 24.5 Å². The van der Waals surface area contributed by atoms with Crippen LogP contribution in [0.1, 0.15) is 6.42 Å². The summed E-state index contributed by atoms with van der Waals surface area (Å²) in [5.74, 6) is 0.927. The van der Waals surface area contributed by atoms with Crippen molar-refractivity contribution in [2.75, 3.05) is 25.0 Å². The fourth-order valence-corrected chi connectivity index (χ4v) is 2.58. The first kappa shape index (κ1) is 11.3. The minimum Gasteiger partial charge on any atom is -0.356 e. The highest BCUT2D eigenvalue weighted by Crippen LogP contribution is 2.20. The number of rotatable bonds is 2. The number of hydrogen-bond acceptors (Lipinski definition) is 3. The summed E-state index contributed by atoms with van der Waals surface area (Å²) >= 11 is 0. The van der Waals surface area contributed by atoms with E-state index in [4.69, 9.17) is 0 Å². The number of anilines is 1. The zero-order chi connectivity index (χ0) is 12.5. The molecule has 1 aromatic carbocycles. The Morgan fingerprint density at radius 3 is 3.00 bits per heavy atom. The second-order valence-electron chi connectivity index (χ2n) is 4.79. The summed E-state index contributed by atoms with van der Waals surface area (Å²) in [6, 6.07) is 10.3. The highest BCUT2D eigenvalue weighted by molar-refractivity contribution is 5.83. The van der Waals surface area contributed by atoms with E-state index in [0.29, 0.717) is 6.04 Å². The molecule has 1 fully saturated rings. The third-order valence-electron chi connectivity index (χ3n) is 3.68. The average molecular weight is 243 g/mol. The number of hydrogen-bond donors (Lipinski definition) is 2. The van der Waals surface area contributed by atoms with Crippen LogP contribution in [-0.4, -0.2) is 31.2 Å². The van der Waals surface area contributed by atoms with Crippen LogP contribution in [0.4, 0.5) is 5.82 Å². The summed E-state index contributed by atoms with van der Waals surface area (Å²) in [5.41, 5.74) is -0.00370. The molecule has 2 heterocycles. The number of nitrogens with one attached hydrogen (secondary N) is 2. The number of likely N-dealkylation sites (N-methyl/N-ethyl adjacent to an activating group) is 1. The lowest BCUT2D eigenvalue weighted by molar-refractivity contribution is 0.616. The van der Waals surface area contributed by atoms with Crippen LogP contribution >= 0.6 is 0 Å². The van der Waals surface area contributed by atoms with Gasteiger partial charge >= 0.3 is 0 Å². The molecule has 0 radical (unpaired) electrons. The fourth-order valence-electron chi connectivity index (χ4n) is 2.58. The van der Waals surface area contributed by atoms with Crippen LogP contribution in [0.25, 0.3) is 10.8 Å². The summed E-state index contributed by atoms with van der Waals surface area (Å²) in [4.78, 5) is 17.2. The molecule has 1 saturated heterocycles. The van der Waals surface area contributed by atoms with Crippen molar-refractivity contribution in [2.24, 2.45) is 0 Å². The van der Waals surface area contributed by atoms with Crippen LogP contribution < -0.4 is 15.8 Å². The molecule has 4 heteroatoms. The zero-order valence-corrected chi connectivity index (χ0v) is 10.4. The highest BCUT2D eigenvalue weighted by atomic mass is 16.1. The van der Waals surface area contributed by atoms with Crippen LogP contribution in [0.3, 0.4) is 0 Å². The Bertz CT molecular complexity index is 620. The van der Waals surface area contributed by atoms with E-state index in [9.17, 15) is 4.79 Å². The van der Waals surface area contributed by atoms with Gasteiger partial charge in [0.15, 0.2) is 0 Å². The van der Waals surface area contributed by atoms with Crippen molar-refractivity contribution in [3.63, 3.8) is 0 Å². The molecule has 1 atom stereocenters. The molecule has 0 aliphatic carbocycles. The Balaban J connectivity index is 2.01. The highest BCUT2D eigenvalue weighted by Gasteiger charge is 2.21. The van der Waals surface area contributed by atoms with Gasteiger partial charge in [0.25, 0.3) is 5.56 Å². The smallest absolute Gasteiger partial charge is 0.257 e. The molecule has 18 heavy (non-hydrogen) atoms. The van der Waals surface area contributed by atoms with Crippen molar-refractivity contribution >= 4 is 16.6 Å². The molecule has 1 aliphatic rings. The lowest BCUT2D eigenvalue weighted by Gasteiger charge is -2.18. The van der Waals surface area contributed by atoms with E-state index in [1.165, 1.54) is 0 Å². The number of aromatic nitrogens is 1. The Morgan fingerprint density at radius 1 is 1.39 bits per heavy atom. The summed E-state index contributed by atoms with van der Waals surface area (Å²) in [6.45, 7) is 1.94. The Labute approximate surface area is 106 Å². The third-order valence-corrected chi connectivity index (χ3v) is 3.68. The average Bonchev–Trinajstić information content (AvgIpc) is 2.87. The van der Waals surface area contributed by atoms with Crippen LogP contribution in [0.2, 0.25) is 0 Å². The van der Waals surface area contributed by atoms with Gasteiger partial charge in [-0.25, -0.2) is 0 Å². The quantitative estimate of drug-likeness (QED) is 0.836. The van der Waals surface area contributed by atoms with E-state index in [2.05, 4.69) is 21.3 Å². The van der Waals surface area contributed by atoms with Crippen LogP contribution in [0, 0.1) is 0 Å². The van der Waals surface area contributed by atoms with Crippen LogP contribution in [0.15, 0.2) is 35.1 Å². The van der Waals surface area contributed by atoms with Gasteiger partial charge in [-0.05, 0) is 31.0 Å². The Hall–Kier alpha value is -1.81. The van der Waals surface area contributed by atoms with Crippen molar-refractivity contribution in [3.8, 4) is 0 Å². The maximum atomic E-state index is 12.0. The Kier molecular flexibility index (Phi) is 2.80. The molecule has 1 aromatic heterocycles. The van der Waals surface area contributed by atoms with Crippen LogP contribution in [-0.2, 0) is 0 Å². The molecule has 0 saturated carbocycles. The summed E-state index contributed by atoms with van der Waals surface area (Å²) < 4.78 is 0. The number of aromatic amines is 1. The standard InChI is InChI=1S/C14H17N3O/c1-15-11-6-7-17(9-11)13-8-10-4-2-3-5-12(10)14(18)16-13/h2-5,8,11,15H,6-7,9H2,1H3,(H,16,18). The molecule has 3 rings (SSSR count). The summed E-state index contributed by atoms with van der Waals surface area (Å²) in [6.07, 6.45) is 1.12. The first-order valence-electron chi connectivity index (χ1n) is 6.32. The van der Waals surface area contributed by atoms with Gasteiger partial charge in [0.2, 0.25) is 0 Å². The van der Waals surface area contributed by atoms with Crippen molar-refractivity contribution < 1.29 is 0 Å². The minimum absolute atomic E-state index is 0.00370. The normalized spacial score (nSPS) is 19.6. The topological polar surface area (TPSA) is 48.1 Å². The molecule has 1 aliphatic heterocycles. The van der Waals surface area contributed by atoms with Gasteiger partial charge in [-0.3, -0.25) is 4.79 Å². The number of pyridine rings is 1. The van der Waals surface area contributed by atoms with Gasteiger partial charge in [-0.1, -0.05) is 18.2 Å². The lowest BCUT2D eigenvalue weighted by Crippen LogP contribution is -2.30. The predicted octanol–water partition coefficient (Wildman–Crippen LogP) is 1.33. The SMILES string of the molecule is CNC1CCN(c2cc3ccccc3c(=O)[nH]2)C1. The van der Waals surface area contributed by atoms with Gasteiger partial charge in [-0.2, -0.15) is 0 Å².